The lowest BCUT2D eigenvalue weighted by molar-refractivity contribution is 0.0922. The van der Waals surface area contributed by atoms with E-state index in [1.807, 2.05) is 45.0 Å². The number of amides is 1. The zero-order chi connectivity index (χ0) is 21.1. The third-order valence-corrected chi connectivity index (χ3v) is 4.83. The summed E-state index contributed by atoms with van der Waals surface area (Å²) in [5.74, 6) is 0.493. The molecule has 3 rings (SSSR count). The van der Waals surface area contributed by atoms with Crippen molar-refractivity contribution in [3.8, 4) is 16.8 Å². The first-order valence-corrected chi connectivity index (χ1v) is 9.80. The largest absolute Gasteiger partial charge is 0.394 e. The number of tetrazole rings is 1. The first-order valence-electron chi connectivity index (χ1n) is 9.42. The van der Waals surface area contributed by atoms with Crippen LogP contribution in [0.5, 0.6) is 0 Å². The Morgan fingerprint density at radius 1 is 1.21 bits per heavy atom. The van der Waals surface area contributed by atoms with Gasteiger partial charge in [-0.25, -0.2) is 0 Å². The third kappa shape index (κ3) is 4.63. The molecule has 29 heavy (non-hydrogen) atoms. The summed E-state index contributed by atoms with van der Waals surface area (Å²) in [4.78, 5) is 12.8. The quantitative estimate of drug-likeness (QED) is 0.644. The average Bonchev–Trinajstić information content (AvgIpc) is 3.17. The second-order valence-electron chi connectivity index (χ2n) is 7.41. The van der Waals surface area contributed by atoms with E-state index in [0.29, 0.717) is 22.1 Å². The number of aliphatic hydroxyl groups excluding tert-OH is 1. The predicted molar refractivity (Wildman–Crippen MR) is 112 cm³/mol. The number of hydrogen-bond donors (Lipinski definition) is 2. The van der Waals surface area contributed by atoms with E-state index >= 15 is 0 Å². The van der Waals surface area contributed by atoms with Crippen molar-refractivity contribution in [2.24, 2.45) is 0 Å². The molecular formula is C21H24ClN5O2. The minimum atomic E-state index is -0.364. The Labute approximate surface area is 174 Å². The number of carbonyl (C=O) groups excluding carboxylic acids is 1. The number of halogens is 1. The van der Waals surface area contributed by atoms with Crippen molar-refractivity contribution in [1.82, 2.24) is 25.5 Å². The predicted octanol–water partition coefficient (Wildman–Crippen LogP) is 3.53. The molecule has 0 saturated heterocycles. The van der Waals surface area contributed by atoms with Gasteiger partial charge in [-0.05, 0) is 59.7 Å². The number of rotatable bonds is 6. The molecule has 0 saturated carbocycles. The lowest BCUT2D eigenvalue weighted by atomic mass is 10.00. The van der Waals surface area contributed by atoms with Crippen LogP contribution in [0.4, 0.5) is 0 Å². The number of nitrogens with one attached hydrogen (secondary N) is 1. The van der Waals surface area contributed by atoms with Crippen molar-refractivity contribution in [2.75, 3.05) is 6.61 Å². The maximum Gasteiger partial charge on any atom is 0.251 e. The number of aliphatic hydroxyl groups is 1. The van der Waals surface area contributed by atoms with Crippen LogP contribution in [0.2, 0.25) is 5.02 Å². The monoisotopic (exact) mass is 413 g/mol. The molecule has 0 spiro atoms. The standard InChI is InChI=1S/C21H24ClN5O2/c1-12(2)20-24-25-26-27(20)17-9-15(18-6-5-13(3)7-19(18)22)8-16(10-17)21(29)23-14(4)11-28/h5-10,12,14,28H,11H2,1-4H3,(H,23,29)/t14-/m0/s1. The van der Waals surface area contributed by atoms with E-state index in [2.05, 4.69) is 20.8 Å². The molecular weight excluding hydrogens is 390 g/mol. The maximum absolute atomic E-state index is 12.8. The lowest BCUT2D eigenvalue weighted by Crippen LogP contribution is -2.35. The molecule has 1 aromatic heterocycles. The van der Waals surface area contributed by atoms with Crippen LogP contribution in [0.15, 0.2) is 36.4 Å². The van der Waals surface area contributed by atoms with Gasteiger partial charge in [0, 0.05) is 28.1 Å². The first-order chi connectivity index (χ1) is 13.8. The molecule has 0 fully saturated rings. The summed E-state index contributed by atoms with van der Waals surface area (Å²) < 4.78 is 1.63. The number of hydrogen-bond acceptors (Lipinski definition) is 5. The fraction of sp³-hybridized carbons (Fsp3) is 0.333. The summed E-state index contributed by atoms with van der Waals surface area (Å²) in [6.07, 6.45) is 0. The highest BCUT2D eigenvalue weighted by Gasteiger charge is 2.18. The van der Waals surface area contributed by atoms with Gasteiger partial charge in [-0.2, -0.15) is 4.68 Å². The molecule has 0 radical (unpaired) electrons. The second-order valence-corrected chi connectivity index (χ2v) is 7.82. The minimum Gasteiger partial charge on any atom is -0.394 e. The van der Waals surface area contributed by atoms with E-state index in [4.69, 9.17) is 11.6 Å². The van der Waals surface area contributed by atoms with Crippen molar-refractivity contribution < 1.29 is 9.90 Å². The molecule has 1 amide bonds. The Balaban J connectivity index is 2.16. The topological polar surface area (TPSA) is 92.9 Å². The van der Waals surface area contributed by atoms with E-state index in [1.165, 1.54) is 0 Å². The van der Waals surface area contributed by atoms with Gasteiger partial charge in [0.05, 0.1) is 12.3 Å². The number of benzene rings is 2. The summed E-state index contributed by atoms with van der Waals surface area (Å²) >= 11 is 6.48. The molecule has 152 valence electrons. The number of carbonyl (C=O) groups is 1. The Hall–Kier alpha value is -2.77. The molecule has 2 aromatic carbocycles. The molecule has 0 bridgehead atoms. The Morgan fingerprint density at radius 2 is 1.97 bits per heavy atom. The van der Waals surface area contributed by atoms with Crippen molar-refractivity contribution >= 4 is 17.5 Å². The number of aromatic nitrogens is 4. The highest BCUT2D eigenvalue weighted by atomic mass is 35.5. The molecule has 2 N–H and O–H groups in total. The number of aryl methyl sites for hydroxylation is 1. The molecule has 7 nitrogen and oxygen atoms in total. The van der Waals surface area contributed by atoms with Gasteiger partial charge in [-0.1, -0.05) is 37.6 Å². The van der Waals surface area contributed by atoms with Crippen LogP contribution >= 0.6 is 11.6 Å². The molecule has 3 aromatic rings. The van der Waals surface area contributed by atoms with Gasteiger partial charge >= 0.3 is 0 Å². The van der Waals surface area contributed by atoms with Crippen LogP contribution in [0, 0.1) is 6.92 Å². The van der Waals surface area contributed by atoms with Crippen LogP contribution in [0.3, 0.4) is 0 Å². The van der Waals surface area contributed by atoms with Crippen LogP contribution < -0.4 is 5.32 Å². The lowest BCUT2D eigenvalue weighted by Gasteiger charge is -2.15. The van der Waals surface area contributed by atoms with Crippen molar-refractivity contribution in [1.29, 1.82) is 0 Å². The molecule has 0 unspecified atom stereocenters. The normalized spacial score (nSPS) is 12.2. The van der Waals surface area contributed by atoms with E-state index in [-0.39, 0.29) is 24.5 Å². The highest BCUT2D eigenvalue weighted by molar-refractivity contribution is 6.33. The van der Waals surface area contributed by atoms with E-state index in [0.717, 1.165) is 16.7 Å². The minimum absolute atomic E-state index is 0.100. The highest BCUT2D eigenvalue weighted by Crippen LogP contribution is 2.31. The van der Waals surface area contributed by atoms with E-state index in [1.54, 1.807) is 23.7 Å². The first kappa shape index (κ1) is 21.0. The van der Waals surface area contributed by atoms with Gasteiger partial charge in [0.2, 0.25) is 0 Å². The molecule has 0 aliphatic carbocycles. The van der Waals surface area contributed by atoms with Gasteiger partial charge in [0.15, 0.2) is 5.82 Å². The number of nitrogens with zero attached hydrogens (tertiary/aromatic N) is 4. The van der Waals surface area contributed by atoms with Crippen LogP contribution in [-0.4, -0.2) is 43.9 Å². The van der Waals surface area contributed by atoms with Crippen molar-refractivity contribution in [3.05, 3.63) is 58.4 Å². The smallest absolute Gasteiger partial charge is 0.251 e. The molecule has 8 heteroatoms. The summed E-state index contributed by atoms with van der Waals surface area (Å²) in [5, 5.41) is 24.6. The Bertz CT molecular complexity index is 1030. The van der Waals surface area contributed by atoms with Gasteiger partial charge in [-0.15, -0.1) is 5.10 Å². The zero-order valence-electron chi connectivity index (χ0n) is 16.8. The summed E-state index contributed by atoms with van der Waals surface area (Å²) in [6, 6.07) is 10.8. The zero-order valence-corrected chi connectivity index (χ0v) is 17.6. The van der Waals surface area contributed by atoms with E-state index in [9.17, 15) is 9.90 Å². The van der Waals surface area contributed by atoms with Crippen LogP contribution in [0.1, 0.15) is 48.4 Å². The van der Waals surface area contributed by atoms with Gasteiger partial charge < -0.3 is 10.4 Å². The van der Waals surface area contributed by atoms with Gasteiger partial charge in [0.1, 0.15) is 0 Å². The Kier molecular flexibility index (Phi) is 6.30. The summed E-state index contributed by atoms with van der Waals surface area (Å²) in [5.41, 5.74) is 3.73. The average molecular weight is 414 g/mol. The van der Waals surface area contributed by atoms with Crippen molar-refractivity contribution in [2.45, 2.75) is 39.7 Å². The third-order valence-electron chi connectivity index (χ3n) is 4.52. The fourth-order valence-corrected chi connectivity index (χ4v) is 3.31. The molecule has 1 heterocycles. The van der Waals surface area contributed by atoms with Crippen LogP contribution in [0.25, 0.3) is 16.8 Å². The van der Waals surface area contributed by atoms with E-state index < -0.39 is 0 Å². The molecule has 0 aliphatic heterocycles. The van der Waals surface area contributed by atoms with Gasteiger partial charge in [-0.3, -0.25) is 4.79 Å². The maximum atomic E-state index is 12.8. The molecule has 1 atom stereocenters. The second kappa shape index (κ2) is 8.71. The summed E-state index contributed by atoms with van der Waals surface area (Å²) in [6.45, 7) is 7.56. The summed E-state index contributed by atoms with van der Waals surface area (Å²) in [7, 11) is 0. The SMILES string of the molecule is Cc1ccc(-c2cc(C(=O)N[C@@H](C)CO)cc(-n3nnnc3C(C)C)c2)c(Cl)c1. The van der Waals surface area contributed by atoms with Gasteiger partial charge in [0.25, 0.3) is 5.91 Å². The fourth-order valence-electron chi connectivity index (χ4n) is 2.97. The van der Waals surface area contributed by atoms with Crippen LogP contribution in [-0.2, 0) is 0 Å². The van der Waals surface area contributed by atoms with Crippen molar-refractivity contribution in [3.63, 3.8) is 0 Å². The Morgan fingerprint density at radius 3 is 2.62 bits per heavy atom. The molecule has 0 aliphatic rings.